The number of hydrogen-bond donors (Lipinski definition) is 1. The summed E-state index contributed by atoms with van der Waals surface area (Å²) < 4.78 is 0. The molecule has 108 valence electrons. The summed E-state index contributed by atoms with van der Waals surface area (Å²) in [5, 5.41) is 3.41. The first-order chi connectivity index (χ1) is 9.11. The van der Waals surface area contributed by atoms with Crippen molar-refractivity contribution in [2.45, 2.75) is 33.1 Å². The number of rotatable bonds is 8. The van der Waals surface area contributed by atoms with Crippen LogP contribution in [0.2, 0.25) is 0 Å². The van der Waals surface area contributed by atoms with E-state index in [9.17, 15) is 0 Å². The van der Waals surface area contributed by atoms with Crippen LogP contribution in [0.3, 0.4) is 0 Å². The summed E-state index contributed by atoms with van der Waals surface area (Å²) in [5.41, 5.74) is 1.22. The maximum Gasteiger partial charge on any atom is 0.137 e. The van der Waals surface area contributed by atoms with Crippen LogP contribution in [0.1, 0.15) is 38.7 Å². The predicted octanol–water partition coefficient (Wildman–Crippen LogP) is 3.22. The fraction of sp³-hybridized carbons (Fsp3) is 0.714. The van der Waals surface area contributed by atoms with Crippen LogP contribution in [0.4, 0.5) is 11.6 Å². The summed E-state index contributed by atoms with van der Waals surface area (Å²) in [6.45, 7) is 8.51. The van der Waals surface area contributed by atoms with Gasteiger partial charge < -0.3 is 10.2 Å². The lowest BCUT2D eigenvalue weighted by atomic mass is 10.0. The maximum absolute atomic E-state index is 4.49. The van der Waals surface area contributed by atoms with Crippen molar-refractivity contribution in [3.05, 3.63) is 11.9 Å². The molecule has 0 aliphatic carbocycles. The molecule has 0 saturated carbocycles. The van der Waals surface area contributed by atoms with Gasteiger partial charge in [0.2, 0.25) is 0 Å². The van der Waals surface area contributed by atoms with Crippen LogP contribution >= 0.6 is 11.8 Å². The van der Waals surface area contributed by atoms with Gasteiger partial charge in [-0.15, -0.1) is 0 Å². The standard InChI is InChI=1S/C14H26N4S/c1-6-7-15-13-12(11(2)3)14(17-10-16-13)18(4)8-9-19-5/h10-11H,6-9H2,1-5H3,(H,15,16,17). The molecule has 1 rings (SSSR count). The van der Waals surface area contributed by atoms with E-state index in [0.29, 0.717) is 5.92 Å². The molecule has 4 nitrogen and oxygen atoms in total. The summed E-state index contributed by atoms with van der Waals surface area (Å²) >= 11 is 1.86. The minimum Gasteiger partial charge on any atom is -0.370 e. The molecule has 0 saturated heterocycles. The van der Waals surface area contributed by atoms with E-state index < -0.39 is 0 Å². The molecule has 1 aromatic rings. The van der Waals surface area contributed by atoms with E-state index in [1.807, 2.05) is 11.8 Å². The van der Waals surface area contributed by atoms with Crippen LogP contribution < -0.4 is 10.2 Å². The number of nitrogens with one attached hydrogen (secondary N) is 1. The van der Waals surface area contributed by atoms with E-state index in [1.54, 1.807) is 6.33 Å². The Hall–Kier alpha value is -0.970. The molecule has 0 aliphatic rings. The quantitative estimate of drug-likeness (QED) is 0.793. The topological polar surface area (TPSA) is 41.1 Å². The molecule has 0 fully saturated rings. The van der Waals surface area contributed by atoms with Crippen molar-refractivity contribution in [2.24, 2.45) is 0 Å². The molecule has 1 aromatic heterocycles. The summed E-state index contributed by atoms with van der Waals surface area (Å²) in [6.07, 6.45) is 4.89. The Morgan fingerprint density at radius 3 is 2.68 bits per heavy atom. The highest BCUT2D eigenvalue weighted by Crippen LogP contribution is 2.30. The lowest BCUT2D eigenvalue weighted by Gasteiger charge is -2.24. The van der Waals surface area contributed by atoms with Gasteiger partial charge in [0.15, 0.2) is 0 Å². The van der Waals surface area contributed by atoms with Gasteiger partial charge >= 0.3 is 0 Å². The largest absolute Gasteiger partial charge is 0.370 e. The maximum atomic E-state index is 4.49. The van der Waals surface area contributed by atoms with Crippen LogP contribution in [0, 0.1) is 0 Å². The zero-order valence-corrected chi connectivity index (χ0v) is 13.5. The van der Waals surface area contributed by atoms with Gasteiger partial charge in [-0.1, -0.05) is 20.8 Å². The number of anilines is 2. The normalized spacial score (nSPS) is 10.8. The van der Waals surface area contributed by atoms with E-state index >= 15 is 0 Å². The van der Waals surface area contributed by atoms with Crippen LogP contribution in [-0.4, -0.2) is 42.1 Å². The molecule has 0 unspecified atom stereocenters. The Kier molecular flexibility index (Phi) is 6.99. The molecule has 1 N–H and O–H groups in total. The van der Waals surface area contributed by atoms with Crippen LogP contribution in [0.5, 0.6) is 0 Å². The van der Waals surface area contributed by atoms with Crippen molar-refractivity contribution < 1.29 is 0 Å². The number of aromatic nitrogens is 2. The Morgan fingerprint density at radius 1 is 1.37 bits per heavy atom. The van der Waals surface area contributed by atoms with E-state index in [1.165, 1.54) is 5.56 Å². The lowest BCUT2D eigenvalue weighted by Crippen LogP contribution is -2.24. The van der Waals surface area contributed by atoms with Gasteiger partial charge in [-0.25, -0.2) is 9.97 Å². The Labute approximate surface area is 121 Å². The average molecular weight is 282 g/mol. The fourth-order valence-corrected chi connectivity index (χ4v) is 2.40. The second-order valence-corrected chi connectivity index (χ2v) is 5.94. The monoisotopic (exact) mass is 282 g/mol. The predicted molar refractivity (Wildman–Crippen MR) is 86.6 cm³/mol. The molecular weight excluding hydrogens is 256 g/mol. The molecule has 0 aliphatic heterocycles. The van der Waals surface area contributed by atoms with Crippen molar-refractivity contribution in [3.63, 3.8) is 0 Å². The van der Waals surface area contributed by atoms with Crippen molar-refractivity contribution in [1.29, 1.82) is 0 Å². The first-order valence-corrected chi connectivity index (χ1v) is 8.30. The molecule has 0 aromatic carbocycles. The molecule has 19 heavy (non-hydrogen) atoms. The number of thioether (sulfide) groups is 1. The second-order valence-electron chi connectivity index (χ2n) is 4.96. The SMILES string of the molecule is CCCNc1ncnc(N(C)CCSC)c1C(C)C. The number of hydrogen-bond acceptors (Lipinski definition) is 5. The summed E-state index contributed by atoms with van der Waals surface area (Å²) in [4.78, 5) is 11.1. The molecule has 0 atom stereocenters. The van der Waals surface area contributed by atoms with Gasteiger partial charge in [0, 0.05) is 31.5 Å². The first kappa shape index (κ1) is 16.1. The van der Waals surface area contributed by atoms with Crippen molar-refractivity contribution in [1.82, 2.24) is 9.97 Å². The van der Waals surface area contributed by atoms with E-state index in [2.05, 4.69) is 54.3 Å². The molecule has 0 spiro atoms. The zero-order chi connectivity index (χ0) is 14.3. The molecule has 0 bridgehead atoms. The van der Waals surface area contributed by atoms with E-state index in [0.717, 1.165) is 36.9 Å². The second kappa shape index (κ2) is 8.25. The summed E-state index contributed by atoms with van der Waals surface area (Å²) in [6, 6.07) is 0. The van der Waals surface area contributed by atoms with Gasteiger partial charge in [-0.3, -0.25) is 0 Å². The third kappa shape index (κ3) is 4.56. The smallest absolute Gasteiger partial charge is 0.137 e. The Morgan fingerprint density at radius 2 is 2.11 bits per heavy atom. The summed E-state index contributed by atoms with van der Waals surface area (Å²) in [5.74, 6) is 3.55. The molecular formula is C14H26N4S. The third-order valence-electron chi connectivity index (χ3n) is 2.98. The van der Waals surface area contributed by atoms with Gasteiger partial charge in [0.1, 0.15) is 18.0 Å². The van der Waals surface area contributed by atoms with Crippen LogP contribution in [0.15, 0.2) is 6.33 Å². The minimum absolute atomic E-state index is 0.410. The average Bonchev–Trinajstić information content (AvgIpc) is 2.41. The highest BCUT2D eigenvalue weighted by molar-refractivity contribution is 7.98. The highest BCUT2D eigenvalue weighted by atomic mass is 32.2. The Bertz CT molecular complexity index is 382. The Balaban J connectivity index is 3.01. The molecule has 0 amide bonds. The minimum atomic E-state index is 0.410. The van der Waals surface area contributed by atoms with Crippen LogP contribution in [-0.2, 0) is 0 Å². The van der Waals surface area contributed by atoms with Crippen molar-refractivity contribution in [3.8, 4) is 0 Å². The highest BCUT2D eigenvalue weighted by Gasteiger charge is 2.17. The fourth-order valence-electron chi connectivity index (χ4n) is 1.94. The van der Waals surface area contributed by atoms with Crippen LogP contribution in [0.25, 0.3) is 0 Å². The lowest BCUT2D eigenvalue weighted by molar-refractivity contribution is 0.817. The van der Waals surface area contributed by atoms with E-state index in [-0.39, 0.29) is 0 Å². The summed E-state index contributed by atoms with van der Waals surface area (Å²) in [7, 11) is 2.11. The molecule has 1 heterocycles. The van der Waals surface area contributed by atoms with Gasteiger partial charge in [0.05, 0.1) is 0 Å². The zero-order valence-electron chi connectivity index (χ0n) is 12.7. The van der Waals surface area contributed by atoms with Gasteiger partial charge in [0.25, 0.3) is 0 Å². The van der Waals surface area contributed by atoms with Crippen molar-refractivity contribution >= 4 is 23.4 Å². The first-order valence-electron chi connectivity index (χ1n) is 6.90. The number of nitrogens with zero attached hydrogens (tertiary/aromatic N) is 3. The van der Waals surface area contributed by atoms with Gasteiger partial charge in [-0.2, -0.15) is 11.8 Å². The molecule has 0 radical (unpaired) electrons. The van der Waals surface area contributed by atoms with Crippen molar-refractivity contribution in [2.75, 3.05) is 42.4 Å². The molecule has 5 heteroatoms. The third-order valence-corrected chi connectivity index (χ3v) is 3.57. The van der Waals surface area contributed by atoms with E-state index in [4.69, 9.17) is 0 Å². The van der Waals surface area contributed by atoms with Gasteiger partial charge in [-0.05, 0) is 18.6 Å².